The number of hydrogen-bond donors (Lipinski definition) is 1. The van der Waals surface area contributed by atoms with Gasteiger partial charge in [0, 0.05) is 11.6 Å². The molecular weight excluding hydrogens is 353 g/mol. The second-order valence-electron chi connectivity index (χ2n) is 5.37. The number of carbonyl (C=O) groups excluding carboxylic acids is 1. The number of hydrogen-bond acceptors (Lipinski definition) is 2. The van der Waals surface area contributed by atoms with Crippen LogP contribution in [-0.2, 0) is 4.79 Å². The van der Waals surface area contributed by atoms with Crippen LogP contribution in [0.3, 0.4) is 0 Å². The summed E-state index contributed by atoms with van der Waals surface area (Å²) in [5.74, 6) is 0.245. The van der Waals surface area contributed by atoms with Crippen molar-refractivity contribution in [2.75, 3.05) is 5.32 Å². The summed E-state index contributed by atoms with van der Waals surface area (Å²) in [7, 11) is 0. The summed E-state index contributed by atoms with van der Waals surface area (Å²) in [6, 6.07) is 20.7. The first kappa shape index (κ1) is 17.7. The third-order valence-electron chi connectivity index (χ3n) is 3.52. The molecule has 3 nitrogen and oxygen atoms in total. The van der Waals surface area contributed by atoms with E-state index in [1.165, 1.54) is 24.3 Å². The Bertz CT molecular complexity index is 922. The van der Waals surface area contributed by atoms with Gasteiger partial charge < -0.3 is 10.1 Å². The number of ether oxygens (including phenoxy) is 1. The van der Waals surface area contributed by atoms with E-state index < -0.39 is 11.7 Å². The van der Waals surface area contributed by atoms with Crippen molar-refractivity contribution in [2.24, 2.45) is 0 Å². The minimum atomic E-state index is -0.491. The van der Waals surface area contributed by atoms with Gasteiger partial charge in [0.2, 0.25) is 5.91 Å². The lowest BCUT2D eigenvalue weighted by Crippen LogP contribution is -2.08. The summed E-state index contributed by atoms with van der Waals surface area (Å²) < 4.78 is 19.5. The van der Waals surface area contributed by atoms with Crippen LogP contribution >= 0.6 is 11.6 Å². The monoisotopic (exact) mass is 367 g/mol. The Morgan fingerprint density at radius 2 is 1.69 bits per heavy atom. The van der Waals surface area contributed by atoms with Crippen LogP contribution in [0.2, 0.25) is 5.02 Å². The lowest BCUT2D eigenvalue weighted by atomic mass is 10.2. The fourth-order valence-electron chi connectivity index (χ4n) is 2.28. The largest absolute Gasteiger partial charge is 0.455 e. The van der Waals surface area contributed by atoms with E-state index in [1.54, 1.807) is 24.3 Å². The van der Waals surface area contributed by atoms with Crippen LogP contribution in [0.5, 0.6) is 11.5 Å². The van der Waals surface area contributed by atoms with Crippen LogP contribution in [0, 0.1) is 5.82 Å². The average Bonchev–Trinajstić information content (AvgIpc) is 2.64. The molecule has 0 aliphatic carbocycles. The van der Waals surface area contributed by atoms with E-state index in [4.69, 9.17) is 16.3 Å². The first-order valence-electron chi connectivity index (χ1n) is 7.88. The van der Waals surface area contributed by atoms with E-state index in [9.17, 15) is 9.18 Å². The number of halogens is 2. The molecule has 1 N–H and O–H groups in total. The minimum Gasteiger partial charge on any atom is -0.455 e. The Kier molecular flexibility index (Phi) is 5.66. The zero-order chi connectivity index (χ0) is 18.4. The minimum absolute atomic E-state index is 0.165. The average molecular weight is 368 g/mol. The number of amides is 1. The lowest BCUT2D eigenvalue weighted by Gasteiger charge is -2.11. The van der Waals surface area contributed by atoms with Gasteiger partial charge in [0.05, 0.1) is 10.7 Å². The van der Waals surface area contributed by atoms with Gasteiger partial charge in [0.25, 0.3) is 0 Å². The smallest absolute Gasteiger partial charge is 0.248 e. The molecule has 0 saturated carbocycles. The normalized spacial score (nSPS) is 10.7. The van der Waals surface area contributed by atoms with Crippen LogP contribution in [-0.4, -0.2) is 5.91 Å². The molecule has 0 spiro atoms. The standard InChI is InChI=1S/C21H15ClFNO2/c22-17-9-6-10-18(23)16(17)13-14-21(25)24-19-11-4-5-12-20(19)26-15-7-2-1-3-8-15/h1-14H,(H,24,25). The Morgan fingerprint density at radius 1 is 0.962 bits per heavy atom. The predicted molar refractivity (Wildman–Crippen MR) is 102 cm³/mol. The Hall–Kier alpha value is -3.11. The van der Waals surface area contributed by atoms with Crippen molar-refractivity contribution >= 4 is 29.3 Å². The van der Waals surface area contributed by atoms with Crippen molar-refractivity contribution < 1.29 is 13.9 Å². The van der Waals surface area contributed by atoms with E-state index in [0.29, 0.717) is 17.2 Å². The van der Waals surface area contributed by atoms with Gasteiger partial charge >= 0.3 is 0 Å². The maximum atomic E-state index is 13.7. The number of nitrogens with one attached hydrogen (secondary N) is 1. The van der Waals surface area contributed by atoms with E-state index in [2.05, 4.69) is 5.32 Å². The highest BCUT2D eigenvalue weighted by Crippen LogP contribution is 2.29. The highest BCUT2D eigenvalue weighted by atomic mass is 35.5. The van der Waals surface area contributed by atoms with E-state index >= 15 is 0 Å². The molecule has 26 heavy (non-hydrogen) atoms. The van der Waals surface area contributed by atoms with Gasteiger partial charge in [-0.3, -0.25) is 4.79 Å². The second kappa shape index (κ2) is 8.32. The van der Waals surface area contributed by atoms with E-state index in [-0.39, 0.29) is 10.6 Å². The second-order valence-corrected chi connectivity index (χ2v) is 5.78. The molecule has 0 bridgehead atoms. The maximum absolute atomic E-state index is 13.7. The van der Waals surface area contributed by atoms with Crippen LogP contribution < -0.4 is 10.1 Å². The van der Waals surface area contributed by atoms with Crippen LogP contribution in [0.1, 0.15) is 5.56 Å². The zero-order valence-corrected chi connectivity index (χ0v) is 14.4. The van der Waals surface area contributed by atoms with Gasteiger partial charge in [-0.1, -0.05) is 48.0 Å². The molecule has 1 amide bonds. The molecule has 0 radical (unpaired) electrons. The molecule has 0 unspecified atom stereocenters. The van der Waals surface area contributed by atoms with Gasteiger partial charge in [-0.15, -0.1) is 0 Å². The van der Waals surface area contributed by atoms with Gasteiger partial charge in [0.1, 0.15) is 11.6 Å². The zero-order valence-electron chi connectivity index (χ0n) is 13.7. The SMILES string of the molecule is O=C(C=Cc1c(F)cccc1Cl)Nc1ccccc1Oc1ccccc1. The molecule has 3 aromatic carbocycles. The molecule has 3 aromatic rings. The van der Waals surface area contributed by atoms with E-state index in [0.717, 1.165) is 0 Å². The molecule has 0 saturated heterocycles. The van der Waals surface area contributed by atoms with Crippen molar-refractivity contribution in [3.05, 3.63) is 95.3 Å². The fraction of sp³-hybridized carbons (Fsp3) is 0. The number of benzene rings is 3. The summed E-state index contributed by atoms with van der Waals surface area (Å²) in [5, 5.41) is 2.96. The molecule has 5 heteroatoms. The number of carbonyl (C=O) groups is 1. The first-order chi connectivity index (χ1) is 12.6. The van der Waals surface area contributed by atoms with Crippen molar-refractivity contribution in [3.8, 4) is 11.5 Å². The van der Waals surface area contributed by atoms with Crippen LogP contribution in [0.4, 0.5) is 10.1 Å². The number of anilines is 1. The third kappa shape index (κ3) is 4.49. The fourth-order valence-corrected chi connectivity index (χ4v) is 2.50. The van der Waals surface area contributed by atoms with Crippen molar-refractivity contribution in [1.29, 1.82) is 0 Å². The highest BCUT2D eigenvalue weighted by molar-refractivity contribution is 6.32. The van der Waals surface area contributed by atoms with Gasteiger partial charge in [-0.05, 0) is 42.5 Å². The summed E-state index contributed by atoms with van der Waals surface area (Å²) in [6.07, 6.45) is 2.57. The van der Waals surface area contributed by atoms with Gasteiger partial charge in [-0.25, -0.2) is 4.39 Å². The van der Waals surface area contributed by atoms with Crippen LogP contribution in [0.25, 0.3) is 6.08 Å². The molecule has 0 fully saturated rings. The lowest BCUT2D eigenvalue weighted by molar-refractivity contribution is -0.111. The third-order valence-corrected chi connectivity index (χ3v) is 3.85. The molecule has 0 atom stereocenters. The van der Waals surface area contributed by atoms with Crippen LogP contribution in [0.15, 0.2) is 78.9 Å². The van der Waals surface area contributed by atoms with E-state index in [1.807, 2.05) is 36.4 Å². The first-order valence-corrected chi connectivity index (χ1v) is 8.26. The van der Waals surface area contributed by atoms with Crippen molar-refractivity contribution in [3.63, 3.8) is 0 Å². The Morgan fingerprint density at radius 3 is 2.46 bits per heavy atom. The molecule has 3 rings (SSSR count). The summed E-state index contributed by atoms with van der Waals surface area (Å²) in [6.45, 7) is 0. The van der Waals surface area contributed by atoms with Gasteiger partial charge in [0.15, 0.2) is 5.75 Å². The number of rotatable bonds is 5. The highest BCUT2D eigenvalue weighted by Gasteiger charge is 2.08. The maximum Gasteiger partial charge on any atom is 0.248 e. The topological polar surface area (TPSA) is 38.3 Å². The van der Waals surface area contributed by atoms with Gasteiger partial charge in [-0.2, -0.15) is 0 Å². The quantitative estimate of drug-likeness (QED) is 0.568. The summed E-state index contributed by atoms with van der Waals surface area (Å²) in [5.41, 5.74) is 0.670. The molecule has 0 aliphatic rings. The number of para-hydroxylation sites is 3. The molecule has 0 aromatic heterocycles. The summed E-state index contributed by atoms with van der Waals surface area (Å²) in [4.78, 5) is 12.2. The Labute approximate surface area is 155 Å². The molecule has 0 heterocycles. The Balaban J connectivity index is 1.75. The molecule has 0 aliphatic heterocycles. The molecule has 130 valence electrons. The van der Waals surface area contributed by atoms with Crippen molar-refractivity contribution in [2.45, 2.75) is 0 Å². The summed E-state index contributed by atoms with van der Waals surface area (Å²) >= 11 is 5.95. The van der Waals surface area contributed by atoms with Crippen molar-refractivity contribution in [1.82, 2.24) is 0 Å². The molecular formula is C21H15ClFNO2. The predicted octanol–water partition coefficient (Wildman–Crippen LogP) is 5.92.